The molecule has 2 saturated heterocycles. The first-order chi connectivity index (χ1) is 12.1. The molecule has 2 aromatic carbocycles. The Morgan fingerprint density at radius 2 is 1.80 bits per heavy atom. The maximum atomic E-state index is 12.5. The number of carbonyl (C=O) groups excluding carboxylic acids is 1. The van der Waals surface area contributed by atoms with Crippen LogP contribution in [-0.2, 0) is 11.2 Å². The number of amides is 1. The van der Waals surface area contributed by atoms with Crippen molar-refractivity contribution < 1.29 is 4.79 Å². The van der Waals surface area contributed by atoms with E-state index in [0.717, 1.165) is 38.3 Å². The number of rotatable bonds is 5. The second-order valence-corrected chi connectivity index (χ2v) is 7.80. The van der Waals surface area contributed by atoms with Gasteiger partial charge in [0.1, 0.15) is 0 Å². The summed E-state index contributed by atoms with van der Waals surface area (Å²) >= 11 is 0. The van der Waals surface area contributed by atoms with E-state index in [2.05, 4.69) is 60.4 Å². The minimum absolute atomic E-state index is 0.188. The molecule has 0 unspecified atom stereocenters. The highest BCUT2D eigenvalue weighted by molar-refractivity contribution is 5.96. The molecule has 2 aliphatic rings. The van der Waals surface area contributed by atoms with Gasteiger partial charge in [0.15, 0.2) is 0 Å². The van der Waals surface area contributed by atoms with Gasteiger partial charge in [0.2, 0.25) is 5.91 Å². The van der Waals surface area contributed by atoms with Gasteiger partial charge in [-0.05, 0) is 49.6 Å². The second kappa shape index (κ2) is 6.64. The summed E-state index contributed by atoms with van der Waals surface area (Å²) in [4.78, 5) is 17.0. The van der Waals surface area contributed by atoms with Crippen LogP contribution in [0.25, 0.3) is 0 Å². The van der Waals surface area contributed by atoms with Crippen molar-refractivity contribution in [1.29, 1.82) is 0 Å². The second-order valence-electron chi connectivity index (χ2n) is 7.80. The maximum Gasteiger partial charge on any atom is 0.227 e. The van der Waals surface area contributed by atoms with Gasteiger partial charge in [-0.3, -0.25) is 4.79 Å². The Hall–Kier alpha value is -2.13. The molecule has 0 N–H and O–H groups in total. The van der Waals surface area contributed by atoms with E-state index in [9.17, 15) is 4.79 Å². The molecule has 2 aliphatic heterocycles. The van der Waals surface area contributed by atoms with Gasteiger partial charge < -0.3 is 9.80 Å². The van der Waals surface area contributed by atoms with Crippen molar-refractivity contribution in [2.75, 3.05) is 31.1 Å². The zero-order chi connectivity index (χ0) is 17.3. The van der Waals surface area contributed by atoms with Gasteiger partial charge in [0.25, 0.3) is 0 Å². The third-order valence-corrected chi connectivity index (χ3v) is 5.53. The Kier molecular flexibility index (Phi) is 4.34. The van der Waals surface area contributed by atoms with Crippen LogP contribution in [-0.4, -0.2) is 37.0 Å². The normalized spacial score (nSPS) is 19.4. The van der Waals surface area contributed by atoms with Gasteiger partial charge in [0, 0.05) is 37.2 Å². The zero-order valence-corrected chi connectivity index (χ0v) is 14.9. The van der Waals surface area contributed by atoms with Crippen LogP contribution in [0.15, 0.2) is 54.6 Å². The van der Waals surface area contributed by atoms with Crippen LogP contribution in [0.1, 0.15) is 24.0 Å². The molecule has 0 radical (unpaired) electrons. The van der Waals surface area contributed by atoms with E-state index in [-0.39, 0.29) is 11.3 Å². The SMILES string of the molecule is Cc1cccc(N2CC3(CC2=O)CN(CCCc2ccccc2)C3)c1. The van der Waals surface area contributed by atoms with Gasteiger partial charge in [-0.15, -0.1) is 0 Å². The van der Waals surface area contributed by atoms with Crippen LogP contribution in [0.3, 0.4) is 0 Å². The quantitative estimate of drug-likeness (QED) is 0.833. The lowest BCUT2D eigenvalue weighted by atomic mass is 9.79. The summed E-state index contributed by atoms with van der Waals surface area (Å²) in [6.45, 7) is 6.23. The predicted octanol–water partition coefficient (Wildman–Crippen LogP) is 3.67. The van der Waals surface area contributed by atoms with Crippen molar-refractivity contribution >= 4 is 11.6 Å². The summed E-state index contributed by atoms with van der Waals surface area (Å²) in [6.07, 6.45) is 3.03. The van der Waals surface area contributed by atoms with Gasteiger partial charge in [-0.25, -0.2) is 0 Å². The Labute approximate surface area is 150 Å². The number of aryl methyl sites for hydroxylation is 2. The summed E-state index contributed by atoms with van der Waals surface area (Å²) in [5, 5.41) is 0. The van der Waals surface area contributed by atoms with Crippen molar-refractivity contribution in [2.24, 2.45) is 5.41 Å². The number of benzene rings is 2. The van der Waals surface area contributed by atoms with Gasteiger partial charge >= 0.3 is 0 Å². The molecule has 2 heterocycles. The molecule has 4 rings (SSSR count). The van der Waals surface area contributed by atoms with Gasteiger partial charge in [-0.2, -0.15) is 0 Å². The van der Waals surface area contributed by atoms with E-state index in [4.69, 9.17) is 0 Å². The third-order valence-electron chi connectivity index (χ3n) is 5.53. The predicted molar refractivity (Wildman–Crippen MR) is 102 cm³/mol. The lowest BCUT2D eigenvalue weighted by Crippen LogP contribution is -2.57. The molecule has 0 aromatic heterocycles. The standard InChI is InChI=1S/C22H26N2O/c1-18-7-5-11-20(13-18)24-17-22(14-21(24)25)15-23(16-22)12-6-10-19-8-3-2-4-9-19/h2-5,7-9,11,13H,6,10,12,14-17H2,1H3. The molecule has 1 amide bonds. The molecule has 3 heteroatoms. The summed E-state index contributed by atoms with van der Waals surface area (Å²) in [6, 6.07) is 19.0. The molecule has 3 nitrogen and oxygen atoms in total. The van der Waals surface area contributed by atoms with E-state index in [1.165, 1.54) is 17.5 Å². The highest BCUT2D eigenvalue weighted by Gasteiger charge is 2.51. The molecule has 2 fully saturated rings. The van der Waals surface area contributed by atoms with Crippen LogP contribution < -0.4 is 4.90 Å². The molecule has 0 saturated carbocycles. The average molecular weight is 334 g/mol. The fourth-order valence-electron chi connectivity index (χ4n) is 4.35. The number of hydrogen-bond acceptors (Lipinski definition) is 2. The Bertz CT molecular complexity index is 750. The average Bonchev–Trinajstić information content (AvgIpc) is 2.93. The number of nitrogens with zero attached hydrogens (tertiary/aromatic N) is 2. The molecule has 0 bridgehead atoms. The Morgan fingerprint density at radius 1 is 1.00 bits per heavy atom. The first kappa shape index (κ1) is 16.3. The molecular weight excluding hydrogens is 308 g/mol. The van der Waals surface area contributed by atoms with E-state index < -0.39 is 0 Å². The van der Waals surface area contributed by atoms with E-state index in [1.807, 2.05) is 11.0 Å². The lowest BCUT2D eigenvalue weighted by molar-refractivity contribution is -0.119. The molecule has 25 heavy (non-hydrogen) atoms. The molecule has 130 valence electrons. The first-order valence-electron chi connectivity index (χ1n) is 9.27. The molecule has 0 atom stereocenters. The van der Waals surface area contributed by atoms with E-state index in [0.29, 0.717) is 6.42 Å². The minimum atomic E-state index is 0.188. The highest BCUT2D eigenvalue weighted by Crippen LogP contribution is 2.41. The number of likely N-dealkylation sites (tertiary alicyclic amines) is 1. The smallest absolute Gasteiger partial charge is 0.227 e. The first-order valence-corrected chi connectivity index (χ1v) is 9.27. The third kappa shape index (κ3) is 3.47. The topological polar surface area (TPSA) is 23.6 Å². The van der Waals surface area contributed by atoms with Crippen molar-refractivity contribution in [1.82, 2.24) is 4.90 Å². The fraction of sp³-hybridized carbons (Fsp3) is 0.409. The van der Waals surface area contributed by atoms with Crippen LogP contribution in [0.2, 0.25) is 0 Å². The number of anilines is 1. The van der Waals surface area contributed by atoms with Crippen LogP contribution in [0.4, 0.5) is 5.69 Å². The van der Waals surface area contributed by atoms with Gasteiger partial charge in [-0.1, -0.05) is 42.5 Å². The van der Waals surface area contributed by atoms with Crippen LogP contribution >= 0.6 is 0 Å². The fourth-order valence-corrected chi connectivity index (χ4v) is 4.35. The van der Waals surface area contributed by atoms with E-state index >= 15 is 0 Å². The van der Waals surface area contributed by atoms with Crippen molar-refractivity contribution in [3.8, 4) is 0 Å². The molecule has 1 spiro atoms. The molecular formula is C22H26N2O. The summed E-state index contributed by atoms with van der Waals surface area (Å²) < 4.78 is 0. The maximum absolute atomic E-state index is 12.5. The molecule has 2 aromatic rings. The van der Waals surface area contributed by atoms with Crippen LogP contribution in [0.5, 0.6) is 0 Å². The van der Waals surface area contributed by atoms with Crippen molar-refractivity contribution in [2.45, 2.75) is 26.2 Å². The number of carbonyl (C=O) groups is 1. The molecule has 0 aliphatic carbocycles. The van der Waals surface area contributed by atoms with E-state index in [1.54, 1.807) is 0 Å². The van der Waals surface area contributed by atoms with Crippen molar-refractivity contribution in [3.63, 3.8) is 0 Å². The highest BCUT2D eigenvalue weighted by atomic mass is 16.2. The summed E-state index contributed by atoms with van der Waals surface area (Å²) in [5.41, 5.74) is 3.87. The lowest BCUT2D eigenvalue weighted by Gasteiger charge is -2.47. The largest absolute Gasteiger partial charge is 0.312 e. The minimum Gasteiger partial charge on any atom is -0.312 e. The Balaban J connectivity index is 1.29. The van der Waals surface area contributed by atoms with Gasteiger partial charge in [0.05, 0.1) is 0 Å². The summed E-state index contributed by atoms with van der Waals surface area (Å²) in [7, 11) is 0. The monoisotopic (exact) mass is 334 g/mol. The Morgan fingerprint density at radius 3 is 2.56 bits per heavy atom. The van der Waals surface area contributed by atoms with Crippen molar-refractivity contribution in [3.05, 3.63) is 65.7 Å². The summed E-state index contributed by atoms with van der Waals surface area (Å²) in [5.74, 6) is 0.287. The van der Waals surface area contributed by atoms with Crippen LogP contribution in [0, 0.1) is 12.3 Å². The number of hydrogen-bond donors (Lipinski definition) is 0. The zero-order valence-electron chi connectivity index (χ0n) is 14.9.